The maximum absolute atomic E-state index is 13.2. The van der Waals surface area contributed by atoms with Gasteiger partial charge in [0, 0.05) is 31.8 Å². The number of nitrogens with zero attached hydrogens (tertiary/aromatic N) is 2. The minimum atomic E-state index is -3.48. The number of benzene rings is 1. The number of hydrogen-bond donors (Lipinski definition) is 0. The molecule has 0 spiro atoms. The molecule has 2 aliphatic heterocycles. The van der Waals surface area contributed by atoms with Crippen LogP contribution >= 0.6 is 0 Å². The first-order valence-electron chi connectivity index (χ1n) is 9.52. The van der Waals surface area contributed by atoms with Crippen LogP contribution in [0.15, 0.2) is 35.2 Å². The van der Waals surface area contributed by atoms with Crippen molar-refractivity contribution in [1.29, 1.82) is 0 Å². The van der Waals surface area contributed by atoms with Crippen LogP contribution in [0.4, 0.5) is 0 Å². The Morgan fingerprint density at radius 3 is 2.23 bits per heavy atom. The molecule has 1 aromatic rings. The van der Waals surface area contributed by atoms with E-state index >= 15 is 0 Å². The second-order valence-corrected chi connectivity index (χ2v) is 9.34. The molecule has 0 N–H and O–H groups in total. The zero-order chi connectivity index (χ0) is 18.1. The smallest absolute Gasteiger partial charge is 0.243 e. The normalized spacial score (nSPS) is 25.0. The predicted molar refractivity (Wildman–Crippen MR) is 97.0 cm³/mol. The quantitative estimate of drug-likeness (QED) is 0.784. The van der Waals surface area contributed by atoms with Crippen molar-refractivity contribution in [3.63, 3.8) is 0 Å². The zero-order valence-corrected chi connectivity index (χ0v) is 15.7. The Labute approximate surface area is 155 Å². The molecule has 3 aliphatic rings. The number of carbonyl (C=O) groups is 1. The molecule has 1 unspecified atom stereocenters. The van der Waals surface area contributed by atoms with E-state index in [2.05, 4.69) is 0 Å². The third-order valence-corrected chi connectivity index (χ3v) is 7.66. The fraction of sp³-hybridized carbons (Fsp3) is 0.632. The van der Waals surface area contributed by atoms with Crippen LogP contribution in [0.1, 0.15) is 32.1 Å². The van der Waals surface area contributed by atoms with E-state index in [0.29, 0.717) is 44.0 Å². The molecule has 1 aromatic carbocycles. The van der Waals surface area contributed by atoms with Crippen LogP contribution in [0.2, 0.25) is 0 Å². The first kappa shape index (κ1) is 17.9. The van der Waals surface area contributed by atoms with Gasteiger partial charge in [-0.15, -0.1) is 0 Å². The van der Waals surface area contributed by atoms with Gasteiger partial charge in [0.1, 0.15) is 0 Å². The average molecular weight is 378 g/mol. The summed E-state index contributed by atoms with van der Waals surface area (Å²) in [4.78, 5) is 14.8. The minimum Gasteiger partial charge on any atom is -0.381 e. The van der Waals surface area contributed by atoms with Crippen molar-refractivity contribution in [3.8, 4) is 0 Å². The third-order valence-electron chi connectivity index (χ3n) is 5.64. The number of rotatable bonds is 5. The van der Waals surface area contributed by atoms with E-state index in [1.165, 1.54) is 0 Å². The molecule has 0 bridgehead atoms. The predicted octanol–water partition coefficient (Wildman–Crippen LogP) is 1.87. The second-order valence-electron chi connectivity index (χ2n) is 7.50. The van der Waals surface area contributed by atoms with Crippen LogP contribution in [0.5, 0.6) is 0 Å². The van der Waals surface area contributed by atoms with Crippen molar-refractivity contribution in [1.82, 2.24) is 9.21 Å². The first-order chi connectivity index (χ1) is 12.6. The van der Waals surface area contributed by atoms with Crippen molar-refractivity contribution in [2.45, 2.75) is 49.1 Å². The molecule has 0 aromatic heterocycles. The van der Waals surface area contributed by atoms with Crippen molar-refractivity contribution >= 4 is 15.9 Å². The van der Waals surface area contributed by atoms with E-state index < -0.39 is 10.0 Å². The van der Waals surface area contributed by atoms with Gasteiger partial charge in [-0.25, -0.2) is 8.42 Å². The van der Waals surface area contributed by atoms with Gasteiger partial charge in [-0.2, -0.15) is 4.31 Å². The Morgan fingerprint density at radius 2 is 1.65 bits per heavy atom. The number of hydrogen-bond acceptors (Lipinski definition) is 4. The molecule has 2 heterocycles. The maximum atomic E-state index is 13.2. The molecule has 0 radical (unpaired) electrons. The highest BCUT2D eigenvalue weighted by Gasteiger charge is 2.44. The third kappa shape index (κ3) is 3.52. The van der Waals surface area contributed by atoms with Gasteiger partial charge >= 0.3 is 0 Å². The standard InChI is InChI=1S/C19H26N2O4S/c22-19(15-10-13-25-14-15)20-11-8-17(9-12-20)21(16-6-7-16)26(23,24)18-4-2-1-3-5-18/h1-5,15-17H,6-14H2. The molecule has 1 amide bonds. The summed E-state index contributed by atoms with van der Waals surface area (Å²) in [7, 11) is -3.48. The number of amides is 1. The van der Waals surface area contributed by atoms with E-state index in [0.717, 1.165) is 19.3 Å². The lowest BCUT2D eigenvalue weighted by atomic mass is 10.0. The fourth-order valence-corrected chi connectivity index (χ4v) is 6.01. The van der Waals surface area contributed by atoms with Crippen LogP contribution < -0.4 is 0 Å². The number of piperidine rings is 1. The summed E-state index contributed by atoms with van der Waals surface area (Å²) < 4.78 is 33.4. The Balaban J connectivity index is 1.45. The van der Waals surface area contributed by atoms with Crippen LogP contribution in [0, 0.1) is 5.92 Å². The minimum absolute atomic E-state index is 0.0147. The van der Waals surface area contributed by atoms with Crippen molar-refractivity contribution in [2.24, 2.45) is 5.92 Å². The summed E-state index contributed by atoms with van der Waals surface area (Å²) in [6.07, 6.45) is 4.09. The number of likely N-dealkylation sites (tertiary alicyclic amines) is 1. The molecule has 1 atom stereocenters. The average Bonchev–Trinajstić information content (AvgIpc) is 3.33. The molecule has 4 rings (SSSR count). The van der Waals surface area contributed by atoms with Crippen LogP contribution in [0.25, 0.3) is 0 Å². The summed E-state index contributed by atoms with van der Waals surface area (Å²) in [6, 6.07) is 8.81. The molecule has 6 nitrogen and oxygen atoms in total. The molecule has 142 valence electrons. The highest BCUT2D eigenvalue weighted by molar-refractivity contribution is 7.89. The zero-order valence-electron chi connectivity index (χ0n) is 14.9. The number of carbonyl (C=O) groups excluding carboxylic acids is 1. The molecule has 1 aliphatic carbocycles. The van der Waals surface area contributed by atoms with Gasteiger partial charge in [-0.3, -0.25) is 4.79 Å². The molecular weight excluding hydrogens is 352 g/mol. The van der Waals surface area contributed by atoms with Gasteiger partial charge in [-0.1, -0.05) is 18.2 Å². The largest absolute Gasteiger partial charge is 0.381 e. The maximum Gasteiger partial charge on any atom is 0.243 e. The highest BCUT2D eigenvalue weighted by Crippen LogP contribution is 2.36. The van der Waals surface area contributed by atoms with Crippen LogP contribution in [-0.4, -0.2) is 61.9 Å². The summed E-state index contributed by atoms with van der Waals surface area (Å²) in [5.41, 5.74) is 0. The van der Waals surface area contributed by atoms with Crippen molar-refractivity contribution < 1.29 is 17.9 Å². The lowest BCUT2D eigenvalue weighted by Gasteiger charge is -2.38. The Bertz CT molecular complexity index is 734. The SMILES string of the molecule is O=C(C1CCOC1)N1CCC(N(C2CC2)S(=O)(=O)c2ccccc2)CC1. The van der Waals surface area contributed by atoms with Crippen LogP contribution in [0.3, 0.4) is 0 Å². The Morgan fingerprint density at radius 1 is 1.00 bits per heavy atom. The lowest BCUT2D eigenvalue weighted by molar-refractivity contribution is -0.136. The number of sulfonamides is 1. The van der Waals surface area contributed by atoms with Gasteiger partial charge in [-0.05, 0) is 44.2 Å². The highest BCUT2D eigenvalue weighted by atomic mass is 32.2. The van der Waals surface area contributed by atoms with Crippen molar-refractivity contribution in [3.05, 3.63) is 30.3 Å². The summed E-state index contributed by atoms with van der Waals surface area (Å²) in [5.74, 6) is 0.156. The molecule has 7 heteroatoms. The van der Waals surface area contributed by atoms with Gasteiger partial charge in [0.2, 0.25) is 15.9 Å². The number of ether oxygens (including phenoxy) is 1. The Hall–Kier alpha value is -1.44. The van der Waals surface area contributed by atoms with E-state index in [1.54, 1.807) is 28.6 Å². The van der Waals surface area contributed by atoms with Gasteiger partial charge in [0.15, 0.2) is 0 Å². The van der Waals surface area contributed by atoms with E-state index in [1.807, 2.05) is 11.0 Å². The lowest BCUT2D eigenvalue weighted by Crippen LogP contribution is -2.50. The van der Waals surface area contributed by atoms with E-state index in [4.69, 9.17) is 4.74 Å². The molecule has 3 fully saturated rings. The topological polar surface area (TPSA) is 66.9 Å². The summed E-state index contributed by atoms with van der Waals surface area (Å²) >= 11 is 0. The summed E-state index contributed by atoms with van der Waals surface area (Å²) in [5, 5.41) is 0. The monoisotopic (exact) mass is 378 g/mol. The van der Waals surface area contributed by atoms with Gasteiger partial charge < -0.3 is 9.64 Å². The molecule has 1 saturated carbocycles. The van der Waals surface area contributed by atoms with E-state index in [-0.39, 0.29) is 23.9 Å². The Kier molecular flexibility index (Phi) is 5.03. The second kappa shape index (κ2) is 7.29. The fourth-order valence-electron chi connectivity index (χ4n) is 4.06. The summed E-state index contributed by atoms with van der Waals surface area (Å²) in [6.45, 7) is 2.45. The van der Waals surface area contributed by atoms with Crippen LogP contribution in [-0.2, 0) is 19.6 Å². The molecule has 26 heavy (non-hydrogen) atoms. The first-order valence-corrected chi connectivity index (χ1v) is 11.0. The molecular formula is C19H26N2O4S. The van der Waals surface area contributed by atoms with Gasteiger partial charge in [0.05, 0.1) is 17.4 Å². The van der Waals surface area contributed by atoms with Gasteiger partial charge in [0.25, 0.3) is 0 Å². The van der Waals surface area contributed by atoms with Crippen molar-refractivity contribution in [2.75, 3.05) is 26.3 Å². The van der Waals surface area contributed by atoms with E-state index in [9.17, 15) is 13.2 Å². The molecule has 2 saturated heterocycles.